The summed E-state index contributed by atoms with van der Waals surface area (Å²) in [7, 11) is 0. The predicted octanol–water partition coefficient (Wildman–Crippen LogP) is 3.10. The number of aromatic nitrogens is 1. The maximum atomic E-state index is 11.9. The van der Waals surface area contributed by atoms with Gasteiger partial charge in [-0.05, 0) is 26.8 Å². The van der Waals surface area contributed by atoms with E-state index < -0.39 is 0 Å². The molecule has 0 unspecified atom stereocenters. The Kier molecular flexibility index (Phi) is 3.39. The Morgan fingerprint density at radius 2 is 2.00 bits per heavy atom. The summed E-state index contributed by atoms with van der Waals surface area (Å²) >= 11 is 0. The smallest absolute Gasteiger partial charge is 0.342 e. The van der Waals surface area contributed by atoms with Crippen molar-refractivity contribution in [3.63, 3.8) is 0 Å². The summed E-state index contributed by atoms with van der Waals surface area (Å²) in [5.41, 5.74) is 1.13. The molecule has 0 atom stereocenters. The molecule has 0 saturated carbocycles. The fourth-order valence-corrected chi connectivity index (χ4v) is 1.58. The molecular formula is C14H17NO3. The highest BCUT2D eigenvalue weighted by Gasteiger charge is 2.15. The fourth-order valence-electron chi connectivity index (χ4n) is 1.58. The lowest BCUT2D eigenvalue weighted by molar-refractivity contribution is -0.0964. The van der Waals surface area contributed by atoms with Crippen LogP contribution < -0.4 is 0 Å². The summed E-state index contributed by atoms with van der Waals surface area (Å²) < 4.78 is 10.4. The van der Waals surface area contributed by atoms with Gasteiger partial charge in [-0.15, -0.1) is 0 Å². The Bertz CT molecular complexity index is 551. The molecule has 2 aromatic rings. The van der Waals surface area contributed by atoms with Crippen molar-refractivity contribution < 1.29 is 14.3 Å². The number of benzene rings is 1. The van der Waals surface area contributed by atoms with E-state index >= 15 is 0 Å². The number of carbonyl (C=O) groups is 1. The number of hydrogen-bond donors (Lipinski definition) is 1. The first kappa shape index (κ1) is 12.6. The average molecular weight is 247 g/mol. The van der Waals surface area contributed by atoms with Gasteiger partial charge in [-0.2, -0.15) is 0 Å². The van der Waals surface area contributed by atoms with Crippen LogP contribution in [0.5, 0.6) is 0 Å². The van der Waals surface area contributed by atoms with E-state index in [1.165, 1.54) is 0 Å². The number of esters is 1. The van der Waals surface area contributed by atoms with Crippen LogP contribution in [-0.4, -0.2) is 23.3 Å². The first-order valence-corrected chi connectivity index (χ1v) is 5.84. The van der Waals surface area contributed by atoms with Crippen molar-refractivity contribution in [2.45, 2.75) is 26.4 Å². The second-order valence-corrected chi connectivity index (χ2v) is 5.05. The summed E-state index contributed by atoms with van der Waals surface area (Å²) in [5.74, 6) is -0.378. The summed E-state index contributed by atoms with van der Waals surface area (Å²) in [5, 5.41) is 0.859. The fraction of sp³-hybridized carbons (Fsp3) is 0.357. The highest BCUT2D eigenvalue weighted by Crippen LogP contribution is 2.18. The molecule has 1 aromatic heterocycles. The third kappa shape index (κ3) is 2.90. The zero-order valence-electron chi connectivity index (χ0n) is 10.8. The van der Waals surface area contributed by atoms with Crippen molar-refractivity contribution in [3.05, 3.63) is 36.0 Å². The van der Waals surface area contributed by atoms with Crippen molar-refractivity contribution >= 4 is 16.9 Å². The molecule has 0 aliphatic rings. The van der Waals surface area contributed by atoms with Crippen LogP contribution in [0.15, 0.2) is 30.5 Å². The van der Waals surface area contributed by atoms with Crippen LogP contribution in [0.25, 0.3) is 10.9 Å². The summed E-state index contributed by atoms with van der Waals surface area (Å²) in [4.78, 5) is 14.9. The van der Waals surface area contributed by atoms with Gasteiger partial charge in [0.15, 0.2) is 6.79 Å². The van der Waals surface area contributed by atoms with E-state index in [9.17, 15) is 4.79 Å². The number of para-hydroxylation sites is 1. The van der Waals surface area contributed by atoms with E-state index in [1.54, 1.807) is 6.20 Å². The average Bonchev–Trinajstić information content (AvgIpc) is 2.70. The Labute approximate surface area is 106 Å². The minimum absolute atomic E-state index is 0.0398. The molecule has 2 rings (SSSR count). The highest BCUT2D eigenvalue weighted by molar-refractivity contribution is 6.03. The number of nitrogens with one attached hydrogen (secondary N) is 1. The van der Waals surface area contributed by atoms with Gasteiger partial charge in [0.2, 0.25) is 0 Å². The summed E-state index contributed by atoms with van der Waals surface area (Å²) in [6.07, 6.45) is 1.66. The first-order chi connectivity index (χ1) is 8.47. The lowest BCUT2D eigenvalue weighted by Crippen LogP contribution is -2.22. The van der Waals surface area contributed by atoms with Crippen LogP contribution in [-0.2, 0) is 9.47 Å². The summed E-state index contributed by atoms with van der Waals surface area (Å²) in [6, 6.07) is 7.60. The Balaban J connectivity index is 2.05. The normalized spacial score (nSPS) is 11.7. The molecule has 0 radical (unpaired) electrons. The van der Waals surface area contributed by atoms with Gasteiger partial charge in [-0.3, -0.25) is 0 Å². The standard InChI is InChI=1S/C14H17NO3/c1-14(2,3)18-9-17-13(16)11-8-15-12-7-5-4-6-10(11)12/h4-8,15H,9H2,1-3H3. The first-order valence-electron chi connectivity index (χ1n) is 5.84. The Morgan fingerprint density at radius 3 is 2.72 bits per heavy atom. The molecule has 1 aromatic carbocycles. The van der Waals surface area contributed by atoms with E-state index in [4.69, 9.17) is 9.47 Å². The Morgan fingerprint density at radius 1 is 1.28 bits per heavy atom. The number of aromatic amines is 1. The van der Waals surface area contributed by atoms with Crippen LogP contribution in [0.3, 0.4) is 0 Å². The van der Waals surface area contributed by atoms with Crippen LogP contribution in [0.4, 0.5) is 0 Å². The SMILES string of the molecule is CC(C)(C)OCOC(=O)c1c[nH]c2ccccc12. The molecule has 0 amide bonds. The van der Waals surface area contributed by atoms with Crippen LogP contribution >= 0.6 is 0 Å². The van der Waals surface area contributed by atoms with Crippen LogP contribution in [0, 0.1) is 0 Å². The number of H-pyrrole nitrogens is 1. The zero-order valence-corrected chi connectivity index (χ0v) is 10.8. The maximum Gasteiger partial charge on any atom is 0.342 e. The predicted molar refractivity (Wildman–Crippen MR) is 69.4 cm³/mol. The van der Waals surface area contributed by atoms with Gasteiger partial charge in [0.25, 0.3) is 0 Å². The molecule has 0 bridgehead atoms. The van der Waals surface area contributed by atoms with Crippen molar-refractivity contribution in [3.8, 4) is 0 Å². The van der Waals surface area contributed by atoms with E-state index in [1.807, 2.05) is 45.0 Å². The number of fused-ring (bicyclic) bond motifs is 1. The van der Waals surface area contributed by atoms with Gasteiger partial charge < -0.3 is 14.5 Å². The Hall–Kier alpha value is -1.81. The van der Waals surface area contributed by atoms with Crippen molar-refractivity contribution in [2.24, 2.45) is 0 Å². The molecule has 18 heavy (non-hydrogen) atoms. The highest BCUT2D eigenvalue weighted by atomic mass is 16.7. The molecular weight excluding hydrogens is 230 g/mol. The third-order valence-electron chi connectivity index (χ3n) is 2.49. The zero-order chi connectivity index (χ0) is 13.2. The van der Waals surface area contributed by atoms with E-state index in [-0.39, 0.29) is 18.4 Å². The molecule has 0 saturated heterocycles. The van der Waals surface area contributed by atoms with Gasteiger partial charge in [0.05, 0.1) is 11.2 Å². The minimum atomic E-state index is -0.378. The molecule has 0 aliphatic carbocycles. The minimum Gasteiger partial charge on any atom is -0.435 e. The van der Waals surface area contributed by atoms with Crippen LogP contribution in [0.2, 0.25) is 0 Å². The lowest BCUT2D eigenvalue weighted by Gasteiger charge is -2.18. The molecule has 0 aliphatic heterocycles. The van der Waals surface area contributed by atoms with Crippen molar-refractivity contribution in [1.29, 1.82) is 0 Å². The molecule has 1 N–H and O–H groups in total. The second kappa shape index (κ2) is 4.82. The van der Waals surface area contributed by atoms with E-state index in [2.05, 4.69) is 4.98 Å². The molecule has 96 valence electrons. The molecule has 4 nitrogen and oxygen atoms in total. The second-order valence-electron chi connectivity index (χ2n) is 5.05. The largest absolute Gasteiger partial charge is 0.435 e. The van der Waals surface area contributed by atoms with Gasteiger partial charge in [0, 0.05) is 17.1 Å². The molecule has 4 heteroatoms. The summed E-state index contributed by atoms with van der Waals surface area (Å²) in [6.45, 7) is 5.69. The number of rotatable bonds is 3. The number of ether oxygens (including phenoxy) is 2. The monoisotopic (exact) mass is 247 g/mol. The number of carbonyl (C=O) groups excluding carboxylic acids is 1. The van der Waals surface area contributed by atoms with Crippen LogP contribution in [0.1, 0.15) is 31.1 Å². The topological polar surface area (TPSA) is 51.3 Å². The molecule has 1 heterocycles. The maximum absolute atomic E-state index is 11.9. The molecule has 0 spiro atoms. The van der Waals surface area contributed by atoms with Crippen molar-refractivity contribution in [2.75, 3.05) is 6.79 Å². The van der Waals surface area contributed by atoms with Gasteiger partial charge in [-0.1, -0.05) is 18.2 Å². The van der Waals surface area contributed by atoms with E-state index in [0.717, 1.165) is 10.9 Å². The van der Waals surface area contributed by atoms with E-state index in [0.29, 0.717) is 5.56 Å². The van der Waals surface area contributed by atoms with Gasteiger partial charge >= 0.3 is 5.97 Å². The van der Waals surface area contributed by atoms with Gasteiger partial charge in [0.1, 0.15) is 0 Å². The van der Waals surface area contributed by atoms with Gasteiger partial charge in [-0.25, -0.2) is 4.79 Å². The number of hydrogen-bond acceptors (Lipinski definition) is 3. The third-order valence-corrected chi connectivity index (χ3v) is 2.49. The molecule has 0 fully saturated rings. The lowest BCUT2D eigenvalue weighted by atomic mass is 10.2. The van der Waals surface area contributed by atoms with Crippen molar-refractivity contribution in [1.82, 2.24) is 4.98 Å². The quantitative estimate of drug-likeness (QED) is 0.669.